The van der Waals surface area contributed by atoms with E-state index < -0.39 is 0 Å². The Bertz CT molecular complexity index is 778. The van der Waals surface area contributed by atoms with Crippen molar-refractivity contribution >= 4 is 5.91 Å². The van der Waals surface area contributed by atoms with Crippen LogP contribution in [0.15, 0.2) is 42.5 Å². The third kappa shape index (κ3) is 2.65. The van der Waals surface area contributed by atoms with Gasteiger partial charge in [-0.25, -0.2) is 0 Å². The Hall–Kier alpha value is -2.40. The molecule has 5 heteroatoms. The van der Waals surface area contributed by atoms with Crippen molar-refractivity contribution in [1.29, 1.82) is 0 Å². The van der Waals surface area contributed by atoms with Gasteiger partial charge in [-0.15, -0.1) is 0 Å². The molecule has 0 bridgehead atoms. The van der Waals surface area contributed by atoms with E-state index in [9.17, 15) is 4.79 Å². The van der Waals surface area contributed by atoms with Gasteiger partial charge in [-0.3, -0.25) is 14.8 Å². The molecule has 1 amide bonds. The first-order valence-corrected chi connectivity index (χ1v) is 8.53. The first kappa shape index (κ1) is 15.1. The number of amides is 1. The van der Waals surface area contributed by atoms with E-state index >= 15 is 0 Å². The molecule has 0 spiro atoms. The van der Waals surface area contributed by atoms with Crippen LogP contribution in [0.3, 0.4) is 0 Å². The number of nitrogens with zero attached hydrogens (tertiary/aromatic N) is 3. The molecular formula is C19H22N4O. The van der Waals surface area contributed by atoms with Crippen LogP contribution in [0.25, 0.3) is 11.3 Å². The molecule has 1 atom stereocenters. The van der Waals surface area contributed by atoms with Crippen molar-refractivity contribution < 1.29 is 4.79 Å². The highest BCUT2D eigenvalue weighted by Crippen LogP contribution is 2.28. The molecule has 1 N–H and O–H groups in total. The van der Waals surface area contributed by atoms with Crippen LogP contribution in [-0.4, -0.2) is 46.3 Å². The molecule has 5 nitrogen and oxygen atoms in total. The number of aromatic nitrogens is 2. The molecule has 0 fully saturated rings. The lowest BCUT2D eigenvalue weighted by molar-refractivity contribution is -0.131. The normalized spacial score (nSPS) is 20.0. The van der Waals surface area contributed by atoms with E-state index in [1.807, 2.05) is 47.0 Å². The average molecular weight is 322 g/mol. The van der Waals surface area contributed by atoms with Crippen molar-refractivity contribution in [2.24, 2.45) is 7.05 Å². The van der Waals surface area contributed by atoms with Crippen molar-refractivity contribution in [3.63, 3.8) is 0 Å². The molecule has 2 aliphatic heterocycles. The van der Waals surface area contributed by atoms with Crippen molar-refractivity contribution in [3.05, 3.63) is 53.7 Å². The Kier molecular flexibility index (Phi) is 3.94. The van der Waals surface area contributed by atoms with Gasteiger partial charge in [-0.1, -0.05) is 42.5 Å². The number of carbonyl (C=O) groups is 1. The Balaban J connectivity index is 1.59. The number of hydrogen-bond donors (Lipinski definition) is 1. The number of rotatable bonds is 2. The highest BCUT2D eigenvalue weighted by atomic mass is 16.2. The zero-order valence-corrected chi connectivity index (χ0v) is 13.9. The predicted molar refractivity (Wildman–Crippen MR) is 93.6 cm³/mol. The second-order valence-corrected chi connectivity index (χ2v) is 6.40. The van der Waals surface area contributed by atoms with E-state index in [0.29, 0.717) is 0 Å². The van der Waals surface area contributed by atoms with Crippen molar-refractivity contribution in [2.45, 2.75) is 18.9 Å². The molecule has 0 saturated heterocycles. The number of nitrogens with one attached hydrogen (secondary N) is 1. The summed E-state index contributed by atoms with van der Waals surface area (Å²) >= 11 is 0. The summed E-state index contributed by atoms with van der Waals surface area (Å²) in [6.07, 6.45) is 5.70. The number of hydrogen-bond acceptors (Lipinski definition) is 3. The highest BCUT2D eigenvalue weighted by Gasteiger charge is 2.28. The van der Waals surface area contributed by atoms with E-state index in [1.165, 1.54) is 11.3 Å². The molecular weight excluding hydrogens is 300 g/mol. The Morgan fingerprint density at radius 1 is 1.21 bits per heavy atom. The van der Waals surface area contributed by atoms with Crippen LogP contribution in [0.4, 0.5) is 0 Å². The lowest BCUT2D eigenvalue weighted by Gasteiger charge is -2.23. The van der Waals surface area contributed by atoms with E-state index in [0.717, 1.165) is 43.7 Å². The van der Waals surface area contributed by atoms with Crippen LogP contribution in [0.5, 0.6) is 0 Å². The molecule has 0 radical (unpaired) electrons. The molecule has 3 heterocycles. The summed E-state index contributed by atoms with van der Waals surface area (Å²) < 4.78 is 1.99. The van der Waals surface area contributed by atoms with Gasteiger partial charge in [0.2, 0.25) is 5.91 Å². The zero-order valence-electron chi connectivity index (χ0n) is 13.9. The van der Waals surface area contributed by atoms with Gasteiger partial charge in [-0.2, -0.15) is 5.10 Å². The van der Waals surface area contributed by atoms with Crippen LogP contribution >= 0.6 is 0 Å². The van der Waals surface area contributed by atoms with Crippen LogP contribution in [0.2, 0.25) is 0 Å². The molecule has 24 heavy (non-hydrogen) atoms. The van der Waals surface area contributed by atoms with Gasteiger partial charge in [0.15, 0.2) is 0 Å². The molecule has 124 valence electrons. The van der Waals surface area contributed by atoms with Gasteiger partial charge in [0.1, 0.15) is 6.04 Å². The predicted octanol–water partition coefficient (Wildman–Crippen LogP) is 1.54. The van der Waals surface area contributed by atoms with Crippen LogP contribution in [0, 0.1) is 0 Å². The second kappa shape index (κ2) is 6.24. The fraction of sp³-hybridized carbons (Fsp3) is 0.368. The maximum Gasteiger partial charge on any atom is 0.243 e. The molecule has 1 aromatic heterocycles. The zero-order chi connectivity index (χ0) is 16.5. The van der Waals surface area contributed by atoms with Gasteiger partial charge in [0, 0.05) is 49.9 Å². The van der Waals surface area contributed by atoms with E-state index in [1.54, 1.807) is 0 Å². The first-order chi connectivity index (χ1) is 11.7. The SMILES string of the molecule is Cn1nc(-c2ccccc2)c2c1CCN(C(=O)C1C=CCN1)CC2. The largest absolute Gasteiger partial charge is 0.340 e. The smallest absolute Gasteiger partial charge is 0.243 e. The van der Waals surface area contributed by atoms with Crippen molar-refractivity contribution in [1.82, 2.24) is 20.0 Å². The van der Waals surface area contributed by atoms with Gasteiger partial charge in [-0.05, 0) is 6.42 Å². The molecule has 0 aliphatic carbocycles. The number of benzene rings is 1. The fourth-order valence-corrected chi connectivity index (χ4v) is 3.66. The summed E-state index contributed by atoms with van der Waals surface area (Å²) in [5.74, 6) is 0.186. The monoisotopic (exact) mass is 322 g/mol. The summed E-state index contributed by atoms with van der Waals surface area (Å²) in [5.41, 5.74) is 4.74. The highest BCUT2D eigenvalue weighted by molar-refractivity contribution is 5.84. The van der Waals surface area contributed by atoms with Crippen LogP contribution in [0.1, 0.15) is 11.3 Å². The molecule has 1 aromatic carbocycles. The van der Waals surface area contributed by atoms with Crippen LogP contribution < -0.4 is 5.32 Å². The Morgan fingerprint density at radius 2 is 2.00 bits per heavy atom. The third-order valence-corrected chi connectivity index (χ3v) is 4.93. The lowest BCUT2D eigenvalue weighted by atomic mass is 10.0. The number of carbonyl (C=O) groups excluding carboxylic acids is 1. The van der Waals surface area contributed by atoms with Crippen LogP contribution in [-0.2, 0) is 24.7 Å². The Labute approximate surface area is 142 Å². The maximum absolute atomic E-state index is 12.7. The minimum Gasteiger partial charge on any atom is -0.340 e. The minimum absolute atomic E-state index is 0.155. The Morgan fingerprint density at radius 3 is 2.75 bits per heavy atom. The number of aryl methyl sites for hydroxylation is 1. The fourth-order valence-electron chi connectivity index (χ4n) is 3.66. The number of fused-ring (bicyclic) bond motifs is 1. The first-order valence-electron chi connectivity index (χ1n) is 8.53. The summed E-state index contributed by atoms with van der Waals surface area (Å²) in [6, 6.07) is 10.2. The minimum atomic E-state index is -0.155. The topological polar surface area (TPSA) is 50.2 Å². The molecule has 1 unspecified atom stereocenters. The third-order valence-electron chi connectivity index (χ3n) is 4.93. The second-order valence-electron chi connectivity index (χ2n) is 6.40. The van der Waals surface area contributed by atoms with Crippen molar-refractivity contribution in [3.8, 4) is 11.3 Å². The molecule has 2 aliphatic rings. The van der Waals surface area contributed by atoms with Gasteiger partial charge < -0.3 is 4.90 Å². The summed E-state index contributed by atoms with van der Waals surface area (Å²) in [6.45, 7) is 2.29. The van der Waals surface area contributed by atoms with Crippen molar-refractivity contribution in [2.75, 3.05) is 19.6 Å². The van der Waals surface area contributed by atoms with E-state index in [4.69, 9.17) is 5.10 Å². The van der Waals surface area contributed by atoms with E-state index in [2.05, 4.69) is 17.4 Å². The summed E-state index contributed by atoms with van der Waals surface area (Å²) in [5, 5.41) is 7.96. The van der Waals surface area contributed by atoms with Gasteiger partial charge >= 0.3 is 0 Å². The molecule has 4 rings (SSSR count). The molecule has 2 aromatic rings. The maximum atomic E-state index is 12.7. The van der Waals surface area contributed by atoms with Gasteiger partial charge in [0.05, 0.1) is 5.69 Å². The standard InChI is InChI=1S/C19H22N4O/c1-22-17-10-13-23(19(24)16-8-5-11-20-16)12-9-15(17)18(21-22)14-6-3-2-4-7-14/h2-8,16,20H,9-13H2,1H3. The lowest BCUT2D eigenvalue weighted by Crippen LogP contribution is -2.44. The van der Waals surface area contributed by atoms with E-state index in [-0.39, 0.29) is 11.9 Å². The molecule has 0 saturated carbocycles. The summed E-state index contributed by atoms with van der Waals surface area (Å²) in [7, 11) is 2.00. The van der Waals surface area contributed by atoms with Gasteiger partial charge in [0.25, 0.3) is 0 Å². The summed E-state index contributed by atoms with van der Waals surface area (Å²) in [4.78, 5) is 14.6. The average Bonchev–Trinajstić information content (AvgIpc) is 3.18. The quantitative estimate of drug-likeness (QED) is 0.854.